The van der Waals surface area contributed by atoms with Gasteiger partial charge in [-0.15, -0.1) is 0 Å². The van der Waals surface area contributed by atoms with Crippen LogP contribution < -0.4 is 10.7 Å². The summed E-state index contributed by atoms with van der Waals surface area (Å²) in [7, 11) is 0. The Labute approximate surface area is 163 Å². The first-order valence-corrected chi connectivity index (χ1v) is 10.3. The van der Waals surface area contributed by atoms with E-state index in [4.69, 9.17) is 4.42 Å². The van der Waals surface area contributed by atoms with E-state index in [0.29, 0.717) is 18.6 Å². The molecule has 0 radical (unpaired) electrons. The highest BCUT2D eigenvalue weighted by atomic mass is 32.2. The Morgan fingerprint density at radius 3 is 2.63 bits per heavy atom. The molecule has 0 saturated carbocycles. The summed E-state index contributed by atoms with van der Waals surface area (Å²) in [6.07, 6.45) is 1.56. The normalized spacial score (nSPS) is 17.3. The lowest BCUT2D eigenvalue weighted by atomic mass is 9.75. The van der Waals surface area contributed by atoms with E-state index in [1.807, 2.05) is 49.0 Å². The van der Waals surface area contributed by atoms with E-state index in [1.165, 1.54) is 6.07 Å². The molecule has 1 amide bonds. The zero-order valence-corrected chi connectivity index (χ0v) is 16.5. The molecule has 1 aliphatic heterocycles. The van der Waals surface area contributed by atoms with Gasteiger partial charge < -0.3 is 14.8 Å². The first-order valence-electron chi connectivity index (χ1n) is 9.17. The monoisotopic (exact) mass is 387 g/mol. The molecule has 2 heterocycles. The Kier molecular flexibility index (Phi) is 5.95. The summed E-state index contributed by atoms with van der Waals surface area (Å²) in [5, 5.41) is 13.4. The number of hydrogen-bond acceptors (Lipinski definition) is 5. The van der Waals surface area contributed by atoms with Gasteiger partial charge >= 0.3 is 0 Å². The highest BCUT2D eigenvalue weighted by Crippen LogP contribution is 2.44. The van der Waals surface area contributed by atoms with Crippen molar-refractivity contribution >= 4 is 17.7 Å². The number of rotatable bonds is 5. The molecule has 1 fully saturated rings. The first kappa shape index (κ1) is 19.5. The smallest absolute Gasteiger partial charge is 0.227 e. The molecule has 1 atom stereocenters. The maximum Gasteiger partial charge on any atom is 0.227 e. The van der Waals surface area contributed by atoms with Crippen LogP contribution >= 0.6 is 11.8 Å². The number of benzene rings is 1. The van der Waals surface area contributed by atoms with Gasteiger partial charge in [0, 0.05) is 17.9 Å². The third-order valence-electron chi connectivity index (χ3n) is 5.15. The quantitative estimate of drug-likeness (QED) is 0.818. The fourth-order valence-electron chi connectivity index (χ4n) is 3.63. The average Bonchev–Trinajstić information content (AvgIpc) is 2.66. The lowest BCUT2D eigenvalue weighted by Crippen LogP contribution is -2.39. The van der Waals surface area contributed by atoms with Crippen LogP contribution in [-0.4, -0.2) is 22.5 Å². The molecule has 144 valence electrons. The van der Waals surface area contributed by atoms with Crippen LogP contribution in [0.5, 0.6) is 5.75 Å². The molecule has 3 rings (SSSR count). The lowest BCUT2D eigenvalue weighted by Gasteiger charge is -2.36. The van der Waals surface area contributed by atoms with Crippen LogP contribution in [-0.2, 0) is 10.2 Å². The number of carbonyl (C=O) groups excluding carboxylic acids is 1. The van der Waals surface area contributed by atoms with Crippen molar-refractivity contribution in [2.75, 3.05) is 11.5 Å². The van der Waals surface area contributed by atoms with E-state index in [9.17, 15) is 14.7 Å². The van der Waals surface area contributed by atoms with Gasteiger partial charge in [0.1, 0.15) is 5.76 Å². The van der Waals surface area contributed by atoms with Crippen molar-refractivity contribution in [3.8, 4) is 5.75 Å². The highest BCUT2D eigenvalue weighted by molar-refractivity contribution is 7.99. The van der Waals surface area contributed by atoms with Crippen LogP contribution in [0.15, 0.2) is 45.6 Å². The predicted molar refractivity (Wildman–Crippen MR) is 107 cm³/mol. The van der Waals surface area contributed by atoms with Crippen LogP contribution in [0.3, 0.4) is 0 Å². The number of thioether (sulfide) groups is 1. The summed E-state index contributed by atoms with van der Waals surface area (Å²) in [6.45, 7) is 3.63. The van der Waals surface area contributed by atoms with Crippen LogP contribution in [0.1, 0.15) is 49.3 Å². The molecule has 2 aromatic rings. The minimum Gasteiger partial charge on any atom is -0.502 e. The summed E-state index contributed by atoms with van der Waals surface area (Å²) in [4.78, 5) is 24.9. The van der Waals surface area contributed by atoms with Gasteiger partial charge in [-0.2, -0.15) is 11.8 Å². The number of carbonyl (C=O) groups is 1. The van der Waals surface area contributed by atoms with E-state index in [0.717, 1.165) is 17.1 Å². The van der Waals surface area contributed by atoms with E-state index in [2.05, 4.69) is 5.32 Å². The van der Waals surface area contributed by atoms with Crippen molar-refractivity contribution < 1.29 is 14.3 Å². The summed E-state index contributed by atoms with van der Waals surface area (Å²) in [5.74, 6) is 1.95. The molecule has 27 heavy (non-hydrogen) atoms. The second-order valence-corrected chi connectivity index (χ2v) is 8.39. The summed E-state index contributed by atoms with van der Waals surface area (Å²) >= 11 is 1.81. The Balaban J connectivity index is 1.85. The van der Waals surface area contributed by atoms with Gasteiger partial charge in [-0.25, -0.2) is 0 Å². The van der Waals surface area contributed by atoms with Crippen LogP contribution in [0.4, 0.5) is 0 Å². The molecule has 6 heteroatoms. The topological polar surface area (TPSA) is 79.5 Å². The molecule has 1 aliphatic rings. The summed E-state index contributed by atoms with van der Waals surface area (Å²) in [6, 6.07) is 10.9. The third-order valence-corrected chi connectivity index (χ3v) is 6.14. The van der Waals surface area contributed by atoms with Crippen molar-refractivity contribution in [1.82, 2.24) is 5.32 Å². The molecule has 1 aromatic carbocycles. The Morgan fingerprint density at radius 2 is 1.96 bits per heavy atom. The minimum absolute atomic E-state index is 0.109. The number of aryl methyl sites for hydroxylation is 1. The van der Waals surface area contributed by atoms with Gasteiger partial charge in [0.2, 0.25) is 17.1 Å². The molecule has 5 nitrogen and oxygen atoms in total. The first-order chi connectivity index (χ1) is 12.9. The maximum atomic E-state index is 12.8. The van der Waals surface area contributed by atoms with E-state index in [1.54, 1.807) is 6.92 Å². The van der Waals surface area contributed by atoms with Crippen molar-refractivity contribution in [2.24, 2.45) is 0 Å². The van der Waals surface area contributed by atoms with Crippen molar-refractivity contribution in [2.45, 2.75) is 44.6 Å². The van der Waals surface area contributed by atoms with Gasteiger partial charge in [0.05, 0.1) is 6.04 Å². The third kappa shape index (κ3) is 4.38. The fourth-order valence-corrected chi connectivity index (χ4v) is 4.91. The SMILES string of the molecule is Cc1cc(=O)c(O)c(C2(CC(=O)N[C@@H](C)c3ccccc3)CCSCC2)o1. The molecular formula is C21H25NO4S. The maximum absolute atomic E-state index is 12.8. The second kappa shape index (κ2) is 8.21. The Bertz CT molecular complexity index is 856. The Hall–Kier alpha value is -2.21. The molecule has 0 aliphatic carbocycles. The van der Waals surface area contributed by atoms with Gasteiger partial charge in [-0.3, -0.25) is 9.59 Å². The molecule has 0 spiro atoms. The zero-order chi connectivity index (χ0) is 19.4. The number of nitrogens with one attached hydrogen (secondary N) is 1. The average molecular weight is 388 g/mol. The number of amides is 1. The fraction of sp³-hybridized carbons (Fsp3) is 0.429. The molecule has 0 unspecified atom stereocenters. The molecular weight excluding hydrogens is 362 g/mol. The minimum atomic E-state index is -0.652. The summed E-state index contributed by atoms with van der Waals surface area (Å²) in [5.41, 5.74) is -0.0745. The lowest BCUT2D eigenvalue weighted by molar-refractivity contribution is -0.123. The summed E-state index contributed by atoms with van der Waals surface area (Å²) < 4.78 is 5.78. The van der Waals surface area contributed by atoms with E-state index < -0.39 is 10.8 Å². The van der Waals surface area contributed by atoms with Gasteiger partial charge in [-0.1, -0.05) is 30.3 Å². The standard InChI is InChI=1S/C21H25NO4S/c1-14-12-17(23)19(25)20(26-14)21(8-10-27-11-9-21)13-18(24)22-15(2)16-6-4-3-5-7-16/h3-7,12,15,25H,8-11,13H2,1-2H3,(H,22,24)/t15-/m0/s1. The molecule has 1 saturated heterocycles. The van der Waals surface area contributed by atoms with Crippen molar-refractivity contribution in [3.05, 3.63) is 63.7 Å². The van der Waals surface area contributed by atoms with Crippen LogP contribution in [0.2, 0.25) is 0 Å². The number of hydrogen-bond donors (Lipinski definition) is 2. The van der Waals surface area contributed by atoms with Crippen LogP contribution in [0, 0.1) is 6.92 Å². The molecule has 0 bridgehead atoms. The van der Waals surface area contributed by atoms with E-state index >= 15 is 0 Å². The largest absolute Gasteiger partial charge is 0.502 e. The van der Waals surface area contributed by atoms with E-state index in [-0.39, 0.29) is 29.9 Å². The van der Waals surface area contributed by atoms with Crippen molar-refractivity contribution in [1.29, 1.82) is 0 Å². The second-order valence-electron chi connectivity index (χ2n) is 7.17. The highest BCUT2D eigenvalue weighted by Gasteiger charge is 2.41. The van der Waals surface area contributed by atoms with Gasteiger partial charge in [0.25, 0.3) is 0 Å². The zero-order valence-electron chi connectivity index (χ0n) is 15.7. The van der Waals surface area contributed by atoms with Crippen LogP contribution in [0.25, 0.3) is 0 Å². The van der Waals surface area contributed by atoms with Gasteiger partial charge in [-0.05, 0) is 43.8 Å². The Morgan fingerprint density at radius 1 is 1.30 bits per heavy atom. The molecule has 2 N–H and O–H groups in total. The molecule has 1 aromatic heterocycles. The van der Waals surface area contributed by atoms with Crippen molar-refractivity contribution in [3.63, 3.8) is 0 Å². The predicted octanol–water partition coefficient (Wildman–Crippen LogP) is 3.69. The number of aromatic hydroxyl groups is 1. The van der Waals surface area contributed by atoms with Gasteiger partial charge in [0.15, 0.2) is 5.76 Å².